The minimum absolute atomic E-state index is 0.0257. The topological polar surface area (TPSA) is 167 Å². The Balaban J connectivity index is 2.45. The van der Waals surface area contributed by atoms with Crippen LogP contribution in [-0.4, -0.2) is 55.7 Å². The van der Waals surface area contributed by atoms with Gasteiger partial charge in [0, 0.05) is 46.9 Å². The maximum atomic E-state index is 11.1. The molecular weight excluding hydrogens is 404 g/mol. The molecule has 0 aliphatic carbocycles. The Morgan fingerprint density at radius 1 is 0.793 bits per heavy atom. The molecule has 0 aromatic heterocycles. The van der Waals surface area contributed by atoms with Gasteiger partial charge in [0.2, 0.25) is 0 Å². The first-order valence-electron chi connectivity index (χ1n) is 8.55. The molecule has 11 heteroatoms. The first-order chi connectivity index (χ1) is 13.7. The van der Waals surface area contributed by atoms with Crippen molar-refractivity contribution in [2.45, 2.75) is 34.8 Å². The predicted octanol–water partition coefficient (Wildman–Crippen LogP) is 1.45. The minimum Gasteiger partial charge on any atom is -0.394 e. The second-order valence-corrected chi connectivity index (χ2v) is 7.37. The van der Waals surface area contributed by atoms with Crippen LogP contribution in [0.15, 0.2) is 46.2 Å². The van der Waals surface area contributed by atoms with Crippen LogP contribution < -0.4 is 0 Å². The van der Waals surface area contributed by atoms with Crippen molar-refractivity contribution in [2.24, 2.45) is 0 Å². The van der Waals surface area contributed by atoms with Crippen molar-refractivity contribution < 1.29 is 30.3 Å². The van der Waals surface area contributed by atoms with E-state index in [9.17, 15) is 30.4 Å². The fraction of sp³-hybridized carbons (Fsp3) is 0.333. The lowest BCUT2D eigenvalue weighted by Crippen LogP contribution is -2.16. The standard InChI is InChI=1S/C18H20N2O8S/c21-9-15(23)7-11-5-13(19(25)26)1-3-17(11)29-18-4-2-14(20(27)28)6-12(18)8-16(24)10-22/h1-6,15-16,21-24H,7-10H2. The van der Waals surface area contributed by atoms with Gasteiger partial charge in [-0.15, -0.1) is 0 Å². The summed E-state index contributed by atoms with van der Waals surface area (Å²) in [5.74, 6) is 0. The van der Waals surface area contributed by atoms with Crippen LogP contribution in [0.4, 0.5) is 11.4 Å². The highest BCUT2D eigenvalue weighted by atomic mass is 32.2. The molecule has 0 bridgehead atoms. The second-order valence-electron chi connectivity index (χ2n) is 6.28. The number of aliphatic hydroxyl groups is 4. The monoisotopic (exact) mass is 424 g/mol. The van der Waals surface area contributed by atoms with Gasteiger partial charge < -0.3 is 20.4 Å². The number of nitro benzene ring substituents is 2. The SMILES string of the molecule is O=[N+]([O-])c1ccc(Sc2ccc([N+](=O)[O-])cc2CC(O)CO)c(CC(O)CO)c1. The van der Waals surface area contributed by atoms with Gasteiger partial charge in [0.25, 0.3) is 11.4 Å². The molecule has 0 aliphatic rings. The number of hydrogen-bond acceptors (Lipinski definition) is 9. The Morgan fingerprint density at radius 2 is 1.17 bits per heavy atom. The molecule has 4 N–H and O–H groups in total. The molecule has 0 amide bonds. The van der Waals surface area contributed by atoms with E-state index >= 15 is 0 Å². The number of non-ortho nitro benzene ring substituents is 2. The fourth-order valence-corrected chi connectivity index (χ4v) is 3.69. The molecule has 2 atom stereocenters. The van der Waals surface area contributed by atoms with Crippen molar-refractivity contribution in [1.82, 2.24) is 0 Å². The van der Waals surface area contributed by atoms with Gasteiger partial charge in [-0.2, -0.15) is 0 Å². The highest BCUT2D eigenvalue weighted by molar-refractivity contribution is 7.99. The maximum Gasteiger partial charge on any atom is 0.269 e. The normalized spacial score (nSPS) is 13.1. The number of nitro groups is 2. The second kappa shape index (κ2) is 10.3. The number of benzene rings is 2. The van der Waals surface area contributed by atoms with Crippen LogP contribution >= 0.6 is 11.8 Å². The molecular formula is C18H20N2O8S. The largest absolute Gasteiger partial charge is 0.394 e. The van der Waals surface area contributed by atoms with Crippen LogP contribution in [0.25, 0.3) is 0 Å². The van der Waals surface area contributed by atoms with Crippen LogP contribution in [0, 0.1) is 20.2 Å². The van der Waals surface area contributed by atoms with Crippen LogP contribution in [0.5, 0.6) is 0 Å². The Kier molecular flexibility index (Phi) is 8.05. The predicted molar refractivity (Wildman–Crippen MR) is 104 cm³/mol. The average Bonchev–Trinajstić information content (AvgIpc) is 2.69. The third-order valence-electron chi connectivity index (χ3n) is 4.06. The van der Waals surface area contributed by atoms with E-state index in [0.717, 1.165) is 11.8 Å². The van der Waals surface area contributed by atoms with E-state index in [1.165, 1.54) is 36.4 Å². The summed E-state index contributed by atoms with van der Waals surface area (Å²) >= 11 is 1.16. The fourth-order valence-electron chi connectivity index (χ4n) is 2.63. The van der Waals surface area contributed by atoms with Crippen molar-refractivity contribution in [3.63, 3.8) is 0 Å². The molecule has 29 heavy (non-hydrogen) atoms. The minimum atomic E-state index is -1.11. The molecule has 2 rings (SSSR count). The summed E-state index contributed by atoms with van der Waals surface area (Å²) in [5, 5.41) is 59.9. The summed E-state index contributed by atoms with van der Waals surface area (Å²) in [6.07, 6.45) is -2.27. The number of rotatable bonds is 10. The van der Waals surface area contributed by atoms with E-state index in [1.54, 1.807) is 0 Å². The summed E-state index contributed by atoms with van der Waals surface area (Å²) in [7, 11) is 0. The first kappa shape index (κ1) is 22.7. The Bertz CT molecular complexity index is 821. The molecule has 0 aliphatic heterocycles. The van der Waals surface area contributed by atoms with E-state index in [-0.39, 0.29) is 24.2 Å². The van der Waals surface area contributed by atoms with E-state index in [1.807, 2.05) is 0 Å². The average molecular weight is 424 g/mol. The zero-order valence-corrected chi connectivity index (χ0v) is 16.0. The highest BCUT2D eigenvalue weighted by Gasteiger charge is 2.18. The lowest BCUT2D eigenvalue weighted by molar-refractivity contribution is -0.385. The maximum absolute atomic E-state index is 11.1. The zero-order valence-electron chi connectivity index (χ0n) is 15.2. The molecule has 2 unspecified atom stereocenters. The summed E-state index contributed by atoms with van der Waals surface area (Å²) in [4.78, 5) is 22.1. The molecule has 0 saturated heterocycles. The van der Waals surface area contributed by atoms with Crippen molar-refractivity contribution >= 4 is 23.1 Å². The van der Waals surface area contributed by atoms with Crippen LogP contribution in [0.3, 0.4) is 0 Å². The van der Waals surface area contributed by atoms with Gasteiger partial charge in [-0.1, -0.05) is 11.8 Å². The number of nitrogens with zero attached hydrogens (tertiary/aromatic N) is 2. The van der Waals surface area contributed by atoms with Crippen LogP contribution in [-0.2, 0) is 12.8 Å². The van der Waals surface area contributed by atoms with E-state index in [4.69, 9.17) is 10.2 Å². The third kappa shape index (κ3) is 6.21. The van der Waals surface area contributed by atoms with E-state index in [0.29, 0.717) is 20.9 Å². The lowest BCUT2D eigenvalue weighted by atomic mass is 10.1. The van der Waals surface area contributed by atoms with Crippen molar-refractivity contribution in [2.75, 3.05) is 13.2 Å². The van der Waals surface area contributed by atoms with Gasteiger partial charge in [-0.05, 0) is 23.3 Å². The van der Waals surface area contributed by atoms with Gasteiger partial charge in [0.1, 0.15) is 0 Å². The first-order valence-corrected chi connectivity index (χ1v) is 9.37. The quantitative estimate of drug-likeness (QED) is 0.326. The van der Waals surface area contributed by atoms with Gasteiger partial charge in [-0.25, -0.2) is 0 Å². The summed E-state index contributed by atoms with van der Waals surface area (Å²) in [5.41, 5.74) is 0.513. The van der Waals surface area contributed by atoms with E-state index < -0.39 is 35.3 Å². The number of hydrogen-bond donors (Lipinski definition) is 4. The van der Waals surface area contributed by atoms with Crippen molar-refractivity contribution in [1.29, 1.82) is 0 Å². The molecule has 0 fully saturated rings. The van der Waals surface area contributed by atoms with Crippen molar-refractivity contribution in [3.05, 3.63) is 67.8 Å². The van der Waals surface area contributed by atoms with E-state index in [2.05, 4.69) is 0 Å². The molecule has 2 aromatic carbocycles. The Morgan fingerprint density at radius 3 is 1.48 bits per heavy atom. The van der Waals surface area contributed by atoms with Gasteiger partial charge >= 0.3 is 0 Å². The molecule has 10 nitrogen and oxygen atoms in total. The smallest absolute Gasteiger partial charge is 0.269 e. The van der Waals surface area contributed by atoms with Crippen LogP contribution in [0.1, 0.15) is 11.1 Å². The Labute approximate surface area is 169 Å². The third-order valence-corrected chi connectivity index (χ3v) is 5.30. The van der Waals surface area contributed by atoms with Crippen LogP contribution in [0.2, 0.25) is 0 Å². The highest BCUT2D eigenvalue weighted by Crippen LogP contribution is 2.37. The Hall–Kier alpha value is -2.57. The van der Waals surface area contributed by atoms with Crippen molar-refractivity contribution in [3.8, 4) is 0 Å². The molecule has 0 saturated carbocycles. The molecule has 156 valence electrons. The zero-order chi connectivity index (χ0) is 21.6. The summed E-state index contributed by atoms with van der Waals surface area (Å²) < 4.78 is 0. The molecule has 0 heterocycles. The summed E-state index contributed by atoms with van der Waals surface area (Å²) in [6, 6.07) is 8.19. The molecule has 0 spiro atoms. The molecule has 0 radical (unpaired) electrons. The van der Waals surface area contributed by atoms with Gasteiger partial charge in [0.05, 0.1) is 35.3 Å². The summed E-state index contributed by atoms with van der Waals surface area (Å²) in [6.45, 7) is -1.03. The van der Waals surface area contributed by atoms with Gasteiger partial charge in [0.15, 0.2) is 0 Å². The van der Waals surface area contributed by atoms with Gasteiger partial charge in [-0.3, -0.25) is 20.2 Å². The molecule has 2 aromatic rings. The lowest BCUT2D eigenvalue weighted by Gasteiger charge is -2.15. The number of aliphatic hydroxyl groups excluding tert-OH is 4.